The van der Waals surface area contributed by atoms with E-state index in [2.05, 4.69) is 20.2 Å². The van der Waals surface area contributed by atoms with Crippen molar-refractivity contribution in [1.82, 2.24) is 9.97 Å². The van der Waals surface area contributed by atoms with Gasteiger partial charge in [0.05, 0.1) is 0 Å². The van der Waals surface area contributed by atoms with Crippen LogP contribution in [0.2, 0.25) is 0 Å². The van der Waals surface area contributed by atoms with Gasteiger partial charge in [-0.3, -0.25) is 0 Å². The van der Waals surface area contributed by atoms with Crippen molar-refractivity contribution in [3.63, 3.8) is 0 Å². The van der Waals surface area contributed by atoms with E-state index in [9.17, 15) is 0 Å². The fourth-order valence-electron chi connectivity index (χ4n) is 2.04. The molecule has 3 fully saturated rings. The summed E-state index contributed by atoms with van der Waals surface area (Å²) in [6, 6.07) is 2.93. The van der Waals surface area contributed by atoms with Gasteiger partial charge in [0.25, 0.3) is 0 Å². The predicted octanol–water partition coefficient (Wildman–Crippen LogP) is 0.809. The van der Waals surface area contributed by atoms with Gasteiger partial charge in [0.2, 0.25) is 5.95 Å². The summed E-state index contributed by atoms with van der Waals surface area (Å²) in [6.07, 6.45) is 4.85. The van der Waals surface area contributed by atoms with Gasteiger partial charge in [-0.15, -0.1) is 12.1 Å². The summed E-state index contributed by atoms with van der Waals surface area (Å²) in [5.74, 6) is 0.854. The summed E-state index contributed by atoms with van der Waals surface area (Å²) < 4.78 is 0. The Bertz CT molecular complexity index is 289. The molecular weight excluding hydrogens is 253 g/mol. The van der Waals surface area contributed by atoms with Gasteiger partial charge in [-0.1, -0.05) is 6.42 Å². The smallest absolute Gasteiger partial charge is 0.225 e. The maximum Gasteiger partial charge on any atom is 0.225 e. The van der Waals surface area contributed by atoms with Crippen LogP contribution < -0.4 is 4.90 Å². The number of piperazine rings is 1. The third kappa shape index (κ3) is 1.83. The number of hydrogen-bond acceptors (Lipinski definition) is 3. The first-order valence-corrected chi connectivity index (χ1v) is 4.64. The molecule has 2 unspecified atom stereocenters. The summed E-state index contributed by atoms with van der Waals surface area (Å²) in [5.41, 5.74) is 0. The van der Waals surface area contributed by atoms with Gasteiger partial charge in [0.1, 0.15) is 0 Å². The SMILES string of the molecule is [Y].c1cnc(N2CC3CC(C2)[N-]3)nc1. The molecule has 1 radical (unpaired) electrons. The van der Waals surface area contributed by atoms with Gasteiger partial charge in [-0.05, 0) is 6.07 Å². The second kappa shape index (κ2) is 4.21. The molecule has 71 valence electrons. The maximum absolute atomic E-state index is 4.51. The zero-order valence-electron chi connectivity index (χ0n) is 7.87. The molecule has 1 aromatic heterocycles. The molecular formula is C9H11N4Y-. The molecule has 3 aliphatic heterocycles. The summed E-state index contributed by atoms with van der Waals surface area (Å²) in [6.45, 7) is 2.00. The normalized spacial score (nSPS) is 29.0. The number of rotatable bonds is 1. The number of anilines is 1. The first-order valence-electron chi connectivity index (χ1n) is 4.64. The molecule has 0 amide bonds. The molecule has 1 aromatic rings. The van der Waals surface area contributed by atoms with Crippen LogP contribution in [0.4, 0.5) is 5.95 Å². The molecule has 3 aliphatic rings. The Morgan fingerprint density at radius 1 is 1.21 bits per heavy atom. The van der Waals surface area contributed by atoms with Crippen LogP contribution in [0.3, 0.4) is 0 Å². The second-order valence-electron chi connectivity index (χ2n) is 3.65. The fourth-order valence-corrected chi connectivity index (χ4v) is 2.04. The minimum absolute atomic E-state index is 0. The van der Waals surface area contributed by atoms with Crippen LogP contribution in [0.5, 0.6) is 0 Å². The Labute approximate surface area is 108 Å². The van der Waals surface area contributed by atoms with Crippen molar-refractivity contribution < 1.29 is 32.7 Å². The number of hydrogen-bond donors (Lipinski definition) is 0. The molecule has 2 atom stereocenters. The van der Waals surface area contributed by atoms with E-state index in [1.807, 2.05) is 6.07 Å². The van der Waals surface area contributed by atoms with Crippen molar-refractivity contribution in [2.24, 2.45) is 0 Å². The average molecular weight is 264 g/mol. The molecule has 4 heterocycles. The van der Waals surface area contributed by atoms with E-state index < -0.39 is 0 Å². The van der Waals surface area contributed by atoms with Crippen LogP contribution in [0.15, 0.2) is 18.5 Å². The molecule has 14 heavy (non-hydrogen) atoms. The first-order chi connectivity index (χ1) is 6.42. The van der Waals surface area contributed by atoms with Crippen molar-refractivity contribution in [2.75, 3.05) is 18.0 Å². The Kier molecular flexibility index (Phi) is 3.15. The zero-order chi connectivity index (χ0) is 8.67. The van der Waals surface area contributed by atoms with Crippen molar-refractivity contribution in [3.8, 4) is 0 Å². The van der Waals surface area contributed by atoms with Crippen LogP contribution >= 0.6 is 0 Å². The molecule has 4 nitrogen and oxygen atoms in total. The van der Waals surface area contributed by atoms with Crippen LogP contribution in [-0.2, 0) is 32.7 Å². The summed E-state index contributed by atoms with van der Waals surface area (Å²) in [7, 11) is 0. The van der Waals surface area contributed by atoms with Gasteiger partial charge >= 0.3 is 0 Å². The van der Waals surface area contributed by atoms with E-state index >= 15 is 0 Å². The van der Waals surface area contributed by atoms with Gasteiger partial charge < -0.3 is 10.2 Å². The van der Waals surface area contributed by atoms with E-state index in [-0.39, 0.29) is 32.7 Å². The van der Waals surface area contributed by atoms with E-state index in [0.717, 1.165) is 19.0 Å². The van der Waals surface area contributed by atoms with Crippen molar-refractivity contribution in [2.45, 2.75) is 18.5 Å². The maximum atomic E-state index is 4.51. The number of piperidine rings is 1. The predicted molar refractivity (Wildman–Crippen MR) is 49.8 cm³/mol. The van der Waals surface area contributed by atoms with E-state index in [0.29, 0.717) is 12.1 Å². The Balaban J connectivity index is 0.000000750. The van der Waals surface area contributed by atoms with Gasteiger partial charge in [-0.2, -0.15) is 0 Å². The standard InChI is InChI=1S/C9H11N4.Y/c1-2-10-9(11-3-1)13-5-7-4-8(6-13)12-7;/h1-3,7-8H,4-6H2;/q-1;. The monoisotopic (exact) mass is 264 g/mol. The molecule has 3 saturated heterocycles. The molecule has 0 aliphatic carbocycles. The summed E-state index contributed by atoms with van der Waals surface area (Å²) in [5, 5.41) is 4.51. The van der Waals surface area contributed by atoms with Crippen molar-refractivity contribution in [1.29, 1.82) is 0 Å². The third-order valence-electron chi connectivity index (χ3n) is 2.66. The molecule has 0 saturated carbocycles. The Morgan fingerprint density at radius 3 is 2.36 bits per heavy atom. The fraction of sp³-hybridized carbons (Fsp3) is 0.556. The number of aromatic nitrogens is 2. The number of fused-ring (bicyclic) bond motifs is 2. The molecule has 0 spiro atoms. The second-order valence-corrected chi connectivity index (χ2v) is 3.65. The molecule has 4 rings (SSSR count). The van der Waals surface area contributed by atoms with Crippen LogP contribution in [0, 0.1) is 0 Å². The Morgan fingerprint density at radius 2 is 1.79 bits per heavy atom. The molecule has 0 aromatic carbocycles. The third-order valence-corrected chi connectivity index (χ3v) is 2.66. The minimum atomic E-state index is 0. The van der Waals surface area contributed by atoms with Gasteiger partial charge in [0, 0.05) is 58.2 Å². The molecule has 5 heteroatoms. The summed E-state index contributed by atoms with van der Waals surface area (Å²) >= 11 is 0. The van der Waals surface area contributed by atoms with Gasteiger partial charge in [-0.25, -0.2) is 9.97 Å². The quantitative estimate of drug-likeness (QED) is 0.753. The molecule has 0 N–H and O–H groups in total. The zero-order valence-corrected chi connectivity index (χ0v) is 10.7. The van der Waals surface area contributed by atoms with E-state index in [1.165, 1.54) is 6.42 Å². The van der Waals surface area contributed by atoms with E-state index in [1.54, 1.807) is 12.4 Å². The topological polar surface area (TPSA) is 43.1 Å². The van der Waals surface area contributed by atoms with Crippen molar-refractivity contribution in [3.05, 3.63) is 23.8 Å². The van der Waals surface area contributed by atoms with Crippen LogP contribution in [0.25, 0.3) is 5.32 Å². The van der Waals surface area contributed by atoms with Gasteiger partial charge in [0.15, 0.2) is 0 Å². The van der Waals surface area contributed by atoms with E-state index in [4.69, 9.17) is 0 Å². The number of nitrogens with zero attached hydrogens (tertiary/aromatic N) is 4. The molecule has 2 bridgehead atoms. The van der Waals surface area contributed by atoms with Crippen LogP contribution in [-0.4, -0.2) is 35.1 Å². The Hall–Kier alpha value is -0.0561. The largest absolute Gasteiger partial charge is 0.654 e. The van der Waals surface area contributed by atoms with Crippen LogP contribution in [0.1, 0.15) is 6.42 Å². The minimum Gasteiger partial charge on any atom is -0.654 e. The summed E-state index contributed by atoms with van der Waals surface area (Å²) in [4.78, 5) is 10.7. The first kappa shape index (κ1) is 10.5. The van der Waals surface area contributed by atoms with Crippen molar-refractivity contribution >= 4 is 5.95 Å². The average Bonchev–Trinajstić information content (AvgIpc) is 2.18.